The molecule has 9 nitrogen and oxygen atoms in total. The Hall–Kier alpha value is -5.35. The summed E-state index contributed by atoms with van der Waals surface area (Å²) in [5.74, 6) is -2.35. The minimum absolute atomic E-state index is 0.131. The predicted molar refractivity (Wildman–Crippen MR) is 342 cm³/mol. The van der Waals surface area contributed by atoms with Gasteiger partial charge in [-0.2, -0.15) is 0 Å². The lowest BCUT2D eigenvalue weighted by Crippen LogP contribution is -2.44. The lowest BCUT2D eigenvalue weighted by atomic mass is 10.1. The monoisotopic (exact) mass is 1120 g/mol. The van der Waals surface area contributed by atoms with Gasteiger partial charge in [0, 0.05) is 12.8 Å². The fourth-order valence-electron chi connectivity index (χ4n) is 7.73. The van der Waals surface area contributed by atoms with E-state index in [1.165, 1.54) is 0 Å². The van der Waals surface area contributed by atoms with Gasteiger partial charge in [0.2, 0.25) is 0 Å². The van der Waals surface area contributed by atoms with Gasteiger partial charge in [-0.1, -0.05) is 235 Å². The van der Waals surface area contributed by atoms with Crippen LogP contribution in [-0.2, 0) is 33.3 Å². The Morgan fingerprint density at radius 1 is 0.370 bits per heavy atom. The standard InChI is InChI=1S/C72H113NO8/c1-6-8-10-12-14-16-18-20-22-24-26-28-30-32-33-34-35-36-37-39-41-43-45-47-49-51-53-55-57-59-61-63-70(75)81-68(67-80-72(71(76)77)78-65-64-73(3,4)5)66-79-69(74)62-60-58-56-54-52-50-48-46-44-42-40-38-31-29-27-25-23-21-19-17-15-13-11-9-7-2/h8-11,14-17,20-23,26-29,32-33,35-36,38-41,44-47,68,72H,6-7,12-13,18-19,24-25,30-31,34,37,42-43,48-67H2,1-5H3/b10-8-,11-9-,16-14-,17-15-,22-20-,23-21-,28-26-,29-27-,33-32-,36-35-,40-38-,41-39-,46-44-,47-45-. The zero-order valence-electron chi connectivity index (χ0n) is 51.6. The highest BCUT2D eigenvalue weighted by molar-refractivity contribution is 5.70. The second-order valence-corrected chi connectivity index (χ2v) is 21.2. The number of aliphatic carboxylic acids is 1. The van der Waals surface area contributed by atoms with Crippen molar-refractivity contribution in [1.82, 2.24) is 0 Å². The van der Waals surface area contributed by atoms with Crippen LogP contribution in [0.5, 0.6) is 0 Å². The average Bonchev–Trinajstić information content (AvgIpc) is 3.44. The smallest absolute Gasteiger partial charge is 0.306 e. The van der Waals surface area contributed by atoms with Crippen LogP contribution in [0.3, 0.4) is 0 Å². The Morgan fingerprint density at radius 2 is 0.667 bits per heavy atom. The number of hydrogen-bond acceptors (Lipinski definition) is 8. The van der Waals surface area contributed by atoms with E-state index in [0.29, 0.717) is 23.9 Å². The van der Waals surface area contributed by atoms with Gasteiger partial charge >= 0.3 is 11.9 Å². The van der Waals surface area contributed by atoms with Gasteiger partial charge in [-0.15, -0.1) is 0 Å². The molecule has 0 saturated heterocycles. The summed E-state index contributed by atoms with van der Waals surface area (Å²) in [6, 6.07) is 0. The molecule has 9 heteroatoms. The Kier molecular flexibility index (Phi) is 56.7. The van der Waals surface area contributed by atoms with Crippen LogP contribution >= 0.6 is 0 Å². The second kappa shape index (κ2) is 60.7. The quantitative estimate of drug-likeness (QED) is 0.0195. The fraction of sp³-hybridized carbons (Fsp3) is 0.569. The van der Waals surface area contributed by atoms with Gasteiger partial charge in [-0.25, -0.2) is 0 Å². The summed E-state index contributed by atoms with van der Waals surface area (Å²) in [6.45, 7) is 4.45. The lowest BCUT2D eigenvalue weighted by molar-refractivity contribution is -0.870. The third-order valence-corrected chi connectivity index (χ3v) is 12.5. The number of quaternary nitrogens is 1. The first-order valence-electron chi connectivity index (χ1n) is 31.3. The lowest BCUT2D eigenvalue weighted by Gasteiger charge is -2.26. The van der Waals surface area contributed by atoms with Crippen molar-refractivity contribution in [1.29, 1.82) is 0 Å². The summed E-state index contributed by atoms with van der Waals surface area (Å²) in [6.07, 6.45) is 88.3. The van der Waals surface area contributed by atoms with Gasteiger partial charge in [-0.05, 0) is 128 Å². The zero-order valence-corrected chi connectivity index (χ0v) is 51.6. The topological polar surface area (TPSA) is 111 Å². The van der Waals surface area contributed by atoms with Crippen LogP contribution in [0.2, 0.25) is 0 Å². The number of carbonyl (C=O) groups is 3. The molecule has 0 aromatic heterocycles. The molecule has 0 aliphatic carbocycles. The van der Waals surface area contributed by atoms with E-state index in [0.717, 1.165) is 167 Å². The largest absolute Gasteiger partial charge is 0.545 e. The van der Waals surface area contributed by atoms with E-state index in [2.05, 4.69) is 184 Å². The molecule has 454 valence electrons. The highest BCUT2D eigenvalue weighted by Gasteiger charge is 2.22. The number of likely N-dealkylation sites (N-methyl/N-ethyl adjacent to an activating group) is 1. The van der Waals surface area contributed by atoms with Gasteiger partial charge in [-0.3, -0.25) is 9.59 Å². The Balaban J connectivity index is 4.34. The number of unbranched alkanes of at least 4 members (excludes halogenated alkanes) is 12. The fourth-order valence-corrected chi connectivity index (χ4v) is 7.73. The van der Waals surface area contributed by atoms with Crippen molar-refractivity contribution >= 4 is 17.9 Å². The first-order valence-corrected chi connectivity index (χ1v) is 31.3. The predicted octanol–water partition coefficient (Wildman–Crippen LogP) is 17.8. The number of carbonyl (C=O) groups excluding carboxylic acids is 3. The molecule has 0 radical (unpaired) electrons. The maximum atomic E-state index is 12.9. The molecular formula is C72H113NO8. The van der Waals surface area contributed by atoms with E-state index in [-0.39, 0.29) is 38.6 Å². The van der Waals surface area contributed by atoms with Crippen LogP contribution in [0.15, 0.2) is 170 Å². The summed E-state index contributed by atoms with van der Waals surface area (Å²) in [7, 11) is 5.90. The van der Waals surface area contributed by atoms with E-state index < -0.39 is 24.3 Å². The van der Waals surface area contributed by atoms with Gasteiger partial charge in [0.1, 0.15) is 13.2 Å². The van der Waals surface area contributed by atoms with E-state index in [4.69, 9.17) is 18.9 Å². The highest BCUT2D eigenvalue weighted by Crippen LogP contribution is 2.13. The number of carboxylic acid groups (broad SMARTS) is 1. The van der Waals surface area contributed by atoms with Gasteiger partial charge in [0.25, 0.3) is 0 Å². The summed E-state index contributed by atoms with van der Waals surface area (Å²) in [4.78, 5) is 37.4. The number of carboxylic acids is 1. The van der Waals surface area contributed by atoms with Crippen LogP contribution in [0, 0.1) is 0 Å². The molecule has 0 saturated carbocycles. The summed E-state index contributed by atoms with van der Waals surface area (Å²) in [5, 5.41) is 11.8. The normalized spacial score (nSPS) is 13.9. The Labute approximate surface area is 495 Å². The minimum atomic E-state index is -1.64. The van der Waals surface area contributed by atoms with Crippen LogP contribution in [-0.4, -0.2) is 82.3 Å². The molecule has 81 heavy (non-hydrogen) atoms. The van der Waals surface area contributed by atoms with Crippen molar-refractivity contribution in [3.63, 3.8) is 0 Å². The van der Waals surface area contributed by atoms with E-state index in [1.807, 2.05) is 21.1 Å². The summed E-state index contributed by atoms with van der Waals surface area (Å²) < 4.78 is 22.7. The zero-order chi connectivity index (χ0) is 59.1. The molecule has 0 spiro atoms. The maximum absolute atomic E-state index is 12.9. The second-order valence-electron chi connectivity index (χ2n) is 21.2. The molecule has 0 bridgehead atoms. The Morgan fingerprint density at radius 3 is 0.988 bits per heavy atom. The molecule has 0 heterocycles. The third kappa shape index (κ3) is 62.1. The van der Waals surface area contributed by atoms with Gasteiger partial charge in [0.05, 0.1) is 40.3 Å². The molecule has 2 atom stereocenters. The van der Waals surface area contributed by atoms with Crippen LogP contribution in [0.4, 0.5) is 0 Å². The van der Waals surface area contributed by atoms with Crippen molar-refractivity contribution in [3.05, 3.63) is 170 Å². The van der Waals surface area contributed by atoms with Gasteiger partial charge < -0.3 is 33.3 Å². The van der Waals surface area contributed by atoms with Crippen LogP contribution in [0.1, 0.15) is 206 Å². The molecule has 0 fully saturated rings. The minimum Gasteiger partial charge on any atom is -0.545 e. The highest BCUT2D eigenvalue weighted by atomic mass is 16.7. The van der Waals surface area contributed by atoms with Crippen molar-refractivity contribution in [2.45, 2.75) is 219 Å². The molecule has 0 aliphatic rings. The molecule has 0 N–H and O–H groups in total. The number of allylic oxidation sites excluding steroid dienone is 28. The molecular weight excluding hydrogens is 1010 g/mol. The SMILES string of the molecule is CC/C=C\C/C=C\C/C=C\C/C=C\C/C=C\C/C=C\C/C=C\C/C=C\CCCCCCCCC(=O)OC(COC(=O)CCCCCCCC/C=C\C/C=C\C/C=C\C/C=C\C/C=C\C/C=C\CC)COC(OCC[N+](C)(C)C)C(=O)[O-]. The van der Waals surface area contributed by atoms with Crippen LogP contribution < -0.4 is 5.11 Å². The number of hydrogen-bond donors (Lipinski definition) is 0. The molecule has 2 unspecified atom stereocenters. The molecule has 0 aromatic carbocycles. The number of ether oxygens (including phenoxy) is 4. The summed E-state index contributed by atoms with van der Waals surface area (Å²) >= 11 is 0. The van der Waals surface area contributed by atoms with Crippen molar-refractivity contribution in [2.75, 3.05) is 47.5 Å². The summed E-state index contributed by atoms with van der Waals surface area (Å²) in [5.41, 5.74) is 0. The molecule has 0 rings (SSSR count). The molecule has 0 aromatic rings. The van der Waals surface area contributed by atoms with E-state index in [1.54, 1.807) is 0 Å². The van der Waals surface area contributed by atoms with Gasteiger partial charge in [0.15, 0.2) is 12.4 Å². The van der Waals surface area contributed by atoms with Crippen molar-refractivity contribution in [2.24, 2.45) is 0 Å². The van der Waals surface area contributed by atoms with Crippen LogP contribution in [0.25, 0.3) is 0 Å². The van der Waals surface area contributed by atoms with Crippen molar-refractivity contribution < 1.29 is 42.9 Å². The molecule has 0 aliphatic heterocycles. The van der Waals surface area contributed by atoms with E-state index in [9.17, 15) is 19.5 Å². The number of esters is 2. The number of rotatable bonds is 55. The average molecular weight is 1120 g/mol. The first kappa shape index (κ1) is 75.7. The third-order valence-electron chi connectivity index (χ3n) is 12.5. The van der Waals surface area contributed by atoms with E-state index >= 15 is 0 Å². The first-order chi connectivity index (χ1) is 39.6. The molecule has 0 amide bonds. The maximum Gasteiger partial charge on any atom is 0.306 e. The van der Waals surface area contributed by atoms with Crippen molar-refractivity contribution in [3.8, 4) is 0 Å². The Bertz CT molecular complexity index is 1930. The number of nitrogens with zero attached hydrogens (tertiary/aromatic N) is 1.